The number of hydrogen-bond acceptors (Lipinski definition) is 4. The van der Waals surface area contributed by atoms with Gasteiger partial charge in [-0.05, 0) is 58.3 Å². The number of carbonyl (C=O) groups excluding carboxylic acids is 1. The Labute approximate surface area is 194 Å². The molecule has 32 heavy (non-hydrogen) atoms. The molecule has 0 aromatic heterocycles. The maximum atomic E-state index is 12.2. The van der Waals surface area contributed by atoms with E-state index in [2.05, 4.69) is 50.7 Å². The summed E-state index contributed by atoms with van der Waals surface area (Å²) in [6, 6.07) is 27.0. The number of nitrogens with zero attached hydrogens (tertiary/aromatic N) is 1. The number of nitrogens with one attached hydrogen (secondary N) is 1. The molecule has 1 N–H and O–H groups in total. The third kappa shape index (κ3) is 5.15. The van der Waals surface area contributed by atoms with Crippen LogP contribution in [0.5, 0.6) is 11.5 Å². The van der Waals surface area contributed by atoms with Crippen LogP contribution in [0.2, 0.25) is 0 Å². The fourth-order valence-corrected chi connectivity index (χ4v) is 3.72. The zero-order chi connectivity index (χ0) is 22.3. The van der Waals surface area contributed by atoms with Crippen molar-refractivity contribution in [3.8, 4) is 11.5 Å². The first-order chi connectivity index (χ1) is 15.6. The molecule has 0 aliphatic carbocycles. The fraction of sp³-hybridized carbons (Fsp3) is 0.0769. The van der Waals surface area contributed by atoms with Gasteiger partial charge in [-0.25, -0.2) is 5.43 Å². The molecule has 0 fully saturated rings. The van der Waals surface area contributed by atoms with Crippen molar-refractivity contribution in [1.29, 1.82) is 0 Å². The number of fused-ring (bicyclic) bond motifs is 1. The number of amides is 1. The van der Waals surface area contributed by atoms with Crippen molar-refractivity contribution < 1.29 is 14.3 Å². The molecule has 0 aliphatic heterocycles. The minimum Gasteiger partial charge on any atom is -0.493 e. The van der Waals surface area contributed by atoms with Crippen LogP contribution >= 0.6 is 15.9 Å². The molecule has 4 aromatic rings. The number of halogens is 1. The van der Waals surface area contributed by atoms with E-state index in [1.54, 1.807) is 31.5 Å². The van der Waals surface area contributed by atoms with E-state index in [4.69, 9.17) is 9.47 Å². The quantitative estimate of drug-likeness (QED) is 0.258. The molecular weight excluding hydrogens is 468 g/mol. The van der Waals surface area contributed by atoms with E-state index in [0.717, 1.165) is 15.6 Å². The van der Waals surface area contributed by atoms with E-state index >= 15 is 0 Å². The van der Waals surface area contributed by atoms with Crippen LogP contribution in [0.1, 0.15) is 21.5 Å². The number of methoxy groups -OCH3 is 1. The van der Waals surface area contributed by atoms with Crippen LogP contribution in [0.4, 0.5) is 0 Å². The van der Waals surface area contributed by atoms with Gasteiger partial charge < -0.3 is 9.47 Å². The first kappa shape index (κ1) is 21.6. The van der Waals surface area contributed by atoms with Crippen LogP contribution in [0.15, 0.2) is 94.5 Å². The lowest BCUT2D eigenvalue weighted by Crippen LogP contribution is -2.17. The SMILES string of the molecule is COc1cc(/C=N\NC(=O)c2cccc(Br)c2)ccc1OCc1cccc2ccccc12. The van der Waals surface area contributed by atoms with E-state index in [-0.39, 0.29) is 5.91 Å². The Morgan fingerprint density at radius 2 is 1.78 bits per heavy atom. The standard InChI is InChI=1S/C26H21BrN2O3/c1-31-25-14-18(16-28-29-26(30)20-8-5-10-22(27)15-20)12-13-24(25)32-17-21-9-4-7-19-6-2-3-11-23(19)21/h2-16H,17H2,1H3,(H,29,30)/b28-16-. The van der Waals surface area contributed by atoms with Crippen molar-refractivity contribution in [1.82, 2.24) is 5.43 Å². The highest BCUT2D eigenvalue weighted by molar-refractivity contribution is 9.10. The third-order valence-electron chi connectivity index (χ3n) is 4.92. The van der Waals surface area contributed by atoms with Crippen LogP contribution in [0, 0.1) is 0 Å². The zero-order valence-corrected chi connectivity index (χ0v) is 19.0. The maximum absolute atomic E-state index is 12.2. The molecule has 5 nitrogen and oxygen atoms in total. The number of ether oxygens (including phenoxy) is 2. The second kappa shape index (κ2) is 10.1. The Morgan fingerprint density at radius 1 is 0.969 bits per heavy atom. The lowest BCUT2D eigenvalue weighted by atomic mass is 10.1. The number of carbonyl (C=O) groups is 1. The summed E-state index contributed by atoms with van der Waals surface area (Å²) < 4.78 is 12.4. The molecule has 0 saturated heterocycles. The summed E-state index contributed by atoms with van der Waals surface area (Å²) in [5, 5.41) is 6.39. The second-order valence-electron chi connectivity index (χ2n) is 7.05. The number of hydrogen-bond donors (Lipinski definition) is 1. The first-order valence-corrected chi connectivity index (χ1v) is 10.8. The summed E-state index contributed by atoms with van der Waals surface area (Å²) in [7, 11) is 1.59. The summed E-state index contributed by atoms with van der Waals surface area (Å²) in [4.78, 5) is 12.2. The Hall–Kier alpha value is -3.64. The zero-order valence-electron chi connectivity index (χ0n) is 17.4. The number of rotatable bonds is 7. The van der Waals surface area contributed by atoms with E-state index in [1.165, 1.54) is 10.8 Å². The summed E-state index contributed by atoms with van der Waals surface area (Å²) in [6.45, 7) is 0.424. The number of benzene rings is 4. The smallest absolute Gasteiger partial charge is 0.271 e. The molecule has 0 saturated carbocycles. The third-order valence-corrected chi connectivity index (χ3v) is 5.41. The van der Waals surface area contributed by atoms with Gasteiger partial charge in [-0.3, -0.25) is 4.79 Å². The van der Waals surface area contributed by atoms with Crippen molar-refractivity contribution in [2.75, 3.05) is 7.11 Å². The average molecular weight is 489 g/mol. The molecule has 1 amide bonds. The molecule has 160 valence electrons. The maximum Gasteiger partial charge on any atom is 0.271 e. The van der Waals surface area contributed by atoms with E-state index in [1.807, 2.05) is 42.5 Å². The highest BCUT2D eigenvalue weighted by Crippen LogP contribution is 2.29. The van der Waals surface area contributed by atoms with Crippen molar-refractivity contribution in [3.63, 3.8) is 0 Å². The molecule has 0 aliphatic rings. The molecule has 0 bridgehead atoms. The molecule has 0 radical (unpaired) electrons. The van der Waals surface area contributed by atoms with Gasteiger partial charge in [0.1, 0.15) is 6.61 Å². The normalized spacial score (nSPS) is 10.9. The van der Waals surface area contributed by atoms with Crippen LogP contribution < -0.4 is 14.9 Å². The van der Waals surface area contributed by atoms with Gasteiger partial charge in [0.05, 0.1) is 13.3 Å². The Kier molecular flexibility index (Phi) is 6.82. The molecule has 4 rings (SSSR count). The van der Waals surface area contributed by atoms with Gasteiger partial charge >= 0.3 is 0 Å². The highest BCUT2D eigenvalue weighted by atomic mass is 79.9. The summed E-state index contributed by atoms with van der Waals surface area (Å²) in [6.07, 6.45) is 1.56. The predicted molar refractivity (Wildman–Crippen MR) is 130 cm³/mol. The lowest BCUT2D eigenvalue weighted by Gasteiger charge is -2.12. The molecule has 0 atom stereocenters. The van der Waals surface area contributed by atoms with Gasteiger partial charge in [0.25, 0.3) is 5.91 Å². The van der Waals surface area contributed by atoms with Gasteiger partial charge in [-0.15, -0.1) is 0 Å². The summed E-state index contributed by atoms with van der Waals surface area (Å²) in [5.74, 6) is 0.938. The molecule has 0 unspecified atom stereocenters. The van der Waals surface area contributed by atoms with Crippen molar-refractivity contribution >= 4 is 38.8 Å². The topological polar surface area (TPSA) is 59.9 Å². The van der Waals surface area contributed by atoms with E-state index in [9.17, 15) is 4.79 Å². The molecule has 0 heterocycles. The lowest BCUT2D eigenvalue weighted by molar-refractivity contribution is 0.0955. The largest absolute Gasteiger partial charge is 0.493 e. The van der Waals surface area contributed by atoms with Gasteiger partial charge in [-0.1, -0.05) is 64.5 Å². The van der Waals surface area contributed by atoms with Gasteiger partial charge in [0.15, 0.2) is 11.5 Å². The molecule has 0 spiro atoms. The molecular formula is C26H21BrN2O3. The monoisotopic (exact) mass is 488 g/mol. The minimum atomic E-state index is -0.287. The van der Waals surface area contributed by atoms with Crippen molar-refractivity contribution in [3.05, 3.63) is 106 Å². The first-order valence-electron chi connectivity index (χ1n) is 10.0. The van der Waals surface area contributed by atoms with Crippen molar-refractivity contribution in [2.24, 2.45) is 5.10 Å². The Balaban J connectivity index is 1.43. The fourth-order valence-electron chi connectivity index (χ4n) is 3.32. The molecule has 4 aromatic carbocycles. The predicted octanol–water partition coefficient (Wildman–Crippen LogP) is 5.95. The summed E-state index contributed by atoms with van der Waals surface area (Å²) >= 11 is 3.35. The molecule has 6 heteroatoms. The van der Waals surface area contributed by atoms with Gasteiger partial charge in [0, 0.05) is 10.0 Å². The average Bonchev–Trinajstić information content (AvgIpc) is 2.83. The van der Waals surface area contributed by atoms with Gasteiger partial charge in [-0.2, -0.15) is 5.10 Å². The Bertz CT molecular complexity index is 1280. The van der Waals surface area contributed by atoms with Crippen LogP contribution in [0.3, 0.4) is 0 Å². The van der Waals surface area contributed by atoms with Crippen LogP contribution in [-0.4, -0.2) is 19.2 Å². The highest BCUT2D eigenvalue weighted by Gasteiger charge is 2.08. The minimum absolute atomic E-state index is 0.287. The summed E-state index contributed by atoms with van der Waals surface area (Å²) in [5.41, 5.74) is 4.92. The van der Waals surface area contributed by atoms with E-state index < -0.39 is 0 Å². The van der Waals surface area contributed by atoms with Crippen LogP contribution in [-0.2, 0) is 6.61 Å². The second-order valence-corrected chi connectivity index (χ2v) is 7.96. The van der Waals surface area contributed by atoms with Gasteiger partial charge in [0.2, 0.25) is 0 Å². The van der Waals surface area contributed by atoms with Crippen LogP contribution in [0.25, 0.3) is 10.8 Å². The van der Waals surface area contributed by atoms with Crippen molar-refractivity contribution in [2.45, 2.75) is 6.61 Å². The Morgan fingerprint density at radius 3 is 2.62 bits per heavy atom. The van der Waals surface area contributed by atoms with E-state index in [0.29, 0.717) is 23.7 Å². The number of hydrazone groups is 1.